The summed E-state index contributed by atoms with van der Waals surface area (Å²) in [5.74, 6) is 1.76. The number of nitrogens with zero attached hydrogens (tertiary/aromatic N) is 4. The number of anilines is 1. The first-order valence-corrected chi connectivity index (χ1v) is 5.58. The van der Waals surface area contributed by atoms with Gasteiger partial charge in [-0.15, -0.1) is 0 Å². The van der Waals surface area contributed by atoms with Crippen LogP contribution in [0.2, 0.25) is 0 Å². The Morgan fingerprint density at radius 3 is 2.65 bits per heavy atom. The van der Waals surface area contributed by atoms with Crippen molar-refractivity contribution >= 4 is 5.82 Å². The lowest BCUT2D eigenvalue weighted by Crippen LogP contribution is -2.19. The zero-order valence-electron chi connectivity index (χ0n) is 10.7. The molecule has 0 unspecified atom stereocenters. The third-order valence-electron chi connectivity index (χ3n) is 2.77. The Morgan fingerprint density at radius 2 is 2.00 bits per heavy atom. The summed E-state index contributed by atoms with van der Waals surface area (Å²) in [6, 6.07) is 0. The Hall–Kier alpha value is -1.91. The van der Waals surface area contributed by atoms with Gasteiger partial charge in [0.15, 0.2) is 0 Å². The Morgan fingerprint density at radius 1 is 1.24 bits per heavy atom. The normalized spacial score (nSPS) is 10.6. The topological polar surface area (TPSA) is 57.7 Å². The summed E-state index contributed by atoms with van der Waals surface area (Å²) in [6.07, 6.45) is 3.71. The largest absolute Gasteiger partial charge is 0.355 e. The van der Waals surface area contributed by atoms with Crippen LogP contribution in [-0.4, -0.2) is 27.2 Å². The van der Waals surface area contributed by atoms with Gasteiger partial charge in [-0.05, 0) is 20.8 Å². The highest BCUT2D eigenvalue weighted by Gasteiger charge is 2.10. The van der Waals surface area contributed by atoms with Gasteiger partial charge in [0.05, 0.1) is 6.20 Å². The fraction of sp³-hybridized carbons (Fsp3) is 0.417. The molecule has 0 fully saturated rings. The quantitative estimate of drug-likeness (QED) is 0.874. The van der Waals surface area contributed by atoms with E-state index in [0.29, 0.717) is 0 Å². The minimum atomic E-state index is 0.791. The lowest BCUT2D eigenvalue weighted by Gasteiger charge is -2.19. The van der Waals surface area contributed by atoms with Gasteiger partial charge in [0.2, 0.25) is 0 Å². The summed E-state index contributed by atoms with van der Waals surface area (Å²) in [5, 5.41) is 6.97. The second-order valence-electron chi connectivity index (χ2n) is 4.30. The predicted molar refractivity (Wildman–Crippen MR) is 66.9 cm³/mol. The third-order valence-corrected chi connectivity index (χ3v) is 2.77. The van der Waals surface area contributed by atoms with Crippen molar-refractivity contribution in [2.75, 3.05) is 11.9 Å². The molecule has 0 saturated carbocycles. The predicted octanol–water partition coefficient (Wildman–Crippen LogP) is 1.76. The smallest absolute Gasteiger partial charge is 0.135 e. The number of aryl methyl sites for hydroxylation is 3. The zero-order valence-corrected chi connectivity index (χ0v) is 10.7. The third kappa shape index (κ3) is 2.43. The molecule has 1 N–H and O–H groups in total. The van der Waals surface area contributed by atoms with E-state index in [1.54, 1.807) is 0 Å². The Labute approximate surface area is 101 Å². The van der Waals surface area contributed by atoms with E-state index in [1.807, 2.05) is 40.2 Å². The molecule has 90 valence electrons. The molecule has 0 aliphatic heterocycles. The van der Waals surface area contributed by atoms with Gasteiger partial charge < -0.3 is 4.90 Å². The molecule has 2 aromatic rings. The number of rotatable bonds is 3. The summed E-state index contributed by atoms with van der Waals surface area (Å²) in [4.78, 5) is 10.8. The number of hydrogen-bond acceptors (Lipinski definition) is 4. The van der Waals surface area contributed by atoms with Crippen molar-refractivity contribution in [2.24, 2.45) is 0 Å². The first kappa shape index (κ1) is 11.6. The molecule has 5 heteroatoms. The maximum Gasteiger partial charge on any atom is 0.135 e. The van der Waals surface area contributed by atoms with Crippen LogP contribution in [0.3, 0.4) is 0 Å². The van der Waals surface area contributed by atoms with Crippen LogP contribution < -0.4 is 4.90 Å². The van der Waals surface area contributed by atoms with Crippen LogP contribution in [0.25, 0.3) is 0 Å². The number of nitrogens with one attached hydrogen (secondary N) is 1. The highest BCUT2D eigenvalue weighted by molar-refractivity contribution is 5.45. The fourth-order valence-corrected chi connectivity index (χ4v) is 1.77. The van der Waals surface area contributed by atoms with Gasteiger partial charge in [0.25, 0.3) is 0 Å². The standard InChI is InChI=1S/C12H17N5/c1-8-5-13-10(3)15-12(8)17(4)7-11-6-14-16-9(11)2/h5-6H,7H2,1-4H3,(H,14,16). The summed E-state index contributed by atoms with van der Waals surface area (Å²) in [5.41, 5.74) is 3.36. The van der Waals surface area contributed by atoms with Crippen molar-refractivity contribution in [1.82, 2.24) is 20.2 Å². The van der Waals surface area contributed by atoms with E-state index in [1.165, 1.54) is 5.56 Å². The first-order chi connectivity index (χ1) is 8.08. The van der Waals surface area contributed by atoms with Gasteiger partial charge in [-0.1, -0.05) is 0 Å². The summed E-state index contributed by atoms with van der Waals surface area (Å²) in [7, 11) is 2.03. The monoisotopic (exact) mass is 231 g/mol. The Kier molecular flexibility index (Phi) is 3.08. The molecule has 2 rings (SSSR count). The number of hydrogen-bond donors (Lipinski definition) is 1. The SMILES string of the molecule is Cc1ncc(C)c(N(C)Cc2cn[nH]c2C)n1. The van der Waals surface area contributed by atoms with Crippen molar-refractivity contribution in [2.45, 2.75) is 27.3 Å². The first-order valence-electron chi connectivity index (χ1n) is 5.58. The van der Waals surface area contributed by atoms with Gasteiger partial charge in [0.1, 0.15) is 11.6 Å². The second kappa shape index (κ2) is 4.53. The van der Waals surface area contributed by atoms with E-state index in [0.717, 1.165) is 29.4 Å². The van der Waals surface area contributed by atoms with Gasteiger partial charge in [0, 0.05) is 36.6 Å². The summed E-state index contributed by atoms with van der Waals surface area (Å²) in [6.45, 7) is 6.74. The van der Waals surface area contributed by atoms with Crippen LogP contribution in [0.15, 0.2) is 12.4 Å². The fourth-order valence-electron chi connectivity index (χ4n) is 1.77. The highest BCUT2D eigenvalue weighted by atomic mass is 15.2. The summed E-state index contributed by atoms with van der Waals surface area (Å²) >= 11 is 0. The zero-order chi connectivity index (χ0) is 12.4. The van der Waals surface area contributed by atoms with Crippen molar-refractivity contribution in [3.05, 3.63) is 35.0 Å². The molecule has 5 nitrogen and oxygen atoms in total. The van der Waals surface area contributed by atoms with Crippen LogP contribution in [0, 0.1) is 20.8 Å². The molecule has 0 saturated heterocycles. The molecule has 2 aromatic heterocycles. The van der Waals surface area contributed by atoms with Gasteiger partial charge in [-0.3, -0.25) is 5.10 Å². The Balaban J connectivity index is 2.23. The molecule has 17 heavy (non-hydrogen) atoms. The molecule has 2 heterocycles. The highest BCUT2D eigenvalue weighted by Crippen LogP contribution is 2.17. The lowest BCUT2D eigenvalue weighted by molar-refractivity contribution is 0.864. The minimum Gasteiger partial charge on any atom is -0.355 e. The van der Waals surface area contributed by atoms with E-state index in [2.05, 4.69) is 25.1 Å². The molecule has 0 aromatic carbocycles. The van der Waals surface area contributed by atoms with E-state index in [-0.39, 0.29) is 0 Å². The van der Waals surface area contributed by atoms with Gasteiger partial charge in [-0.25, -0.2) is 9.97 Å². The minimum absolute atomic E-state index is 0.791. The van der Waals surface area contributed by atoms with E-state index in [4.69, 9.17) is 0 Å². The van der Waals surface area contributed by atoms with Crippen molar-refractivity contribution in [1.29, 1.82) is 0 Å². The van der Waals surface area contributed by atoms with E-state index >= 15 is 0 Å². The van der Waals surface area contributed by atoms with Crippen LogP contribution in [0.1, 0.15) is 22.6 Å². The average molecular weight is 231 g/mol. The molecular formula is C12H17N5. The lowest BCUT2D eigenvalue weighted by atomic mass is 10.2. The van der Waals surface area contributed by atoms with Crippen LogP contribution >= 0.6 is 0 Å². The Bertz CT molecular complexity index is 517. The second-order valence-corrected chi connectivity index (χ2v) is 4.30. The van der Waals surface area contributed by atoms with Crippen molar-refractivity contribution in [3.63, 3.8) is 0 Å². The molecule has 0 radical (unpaired) electrons. The van der Waals surface area contributed by atoms with Gasteiger partial charge in [-0.2, -0.15) is 5.10 Å². The summed E-state index contributed by atoms with van der Waals surface area (Å²) < 4.78 is 0. The number of aromatic nitrogens is 4. The molecule has 0 bridgehead atoms. The number of aromatic amines is 1. The van der Waals surface area contributed by atoms with Crippen LogP contribution in [-0.2, 0) is 6.54 Å². The van der Waals surface area contributed by atoms with Crippen LogP contribution in [0.5, 0.6) is 0 Å². The van der Waals surface area contributed by atoms with Crippen molar-refractivity contribution < 1.29 is 0 Å². The van der Waals surface area contributed by atoms with Crippen LogP contribution in [0.4, 0.5) is 5.82 Å². The van der Waals surface area contributed by atoms with Crippen molar-refractivity contribution in [3.8, 4) is 0 Å². The molecule has 0 aliphatic carbocycles. The molecule has 0 aliphatic rings. The molecule has 0 atom stereocenters. The van der Waals surface area contributed by atoms with E-state index < -0.39 is 0 Å². The maximum atomic E-state index is 4.47. The molecule has 0 amide bonds. The number of H-pyrrole nitrogens is 1. The maximum absolute atomic E-state index is 4.47. The molecular weight excluding hydrogens is 214 g/mol. The van der Waals surface area contributed by atoms with E-state index in [9.17, 15) is 0 Å². The average Bonchev–Trinajstić information content (AvgIpc) is 2.68. The van der Waals surface area contributed by atoms with Gasteiger partial charge >= 0.3 is 0 Å². The molecule has 0 spiro atoms.